The largest absolute Gasteiger partial charge is 0.397 e. The van der Waals surface area contributed by atoms with E-state index in [0.717, 1.165) is 35.9 Å². The quantitative estimate of drug-likeness (QED) is 0.334. The molecule has 0 fully saturated rings. The summed E-state index contributed by atoms with van der Waals surface area (Å²) in [5.41, 5.74) is 2.38. The summed E-state index contributed by atoms with van der Waals surface area (Å²) in [6, 6.07) is 1.15. The van der Waals surface area contributed by atoms with Crippen LogP contribution in [0.15, 0.2) is 0 Å². The lowest BCUT2D eigenvalue weighted by atomic mass is 10.3. The summed E-state index contributed by atoms with van der Waals surface area (Å²) in [6.45, 7) is 21.6. The highest BCUT2D eigenvalue weighted by Crippen LogP contribution is 2.43. The molecule has 0 rings (SSSR count). The fraction of sp³-hybridized carbons (Fsp3) is 1.00. The Morgan fingerprint density at radius 2 is 1.26 bits per heavy atom. The molecule has 0 bridgehead atoms. The maximum absolute atomic E-state index is 5.78. The van der Waals surface area contributed by atoms with Crippen molar-refractivity contribution in [2.24, 2.45) is 0 Å². The van der Waals surface area contributed by atoms with Crippen LogP contribution in [-0.2, 0) is 8.85 Å². The summed E-state index contributed by atoms with van der Waals surface area (Å²) in [6.07, 6.45) is 2.50. The second-order valence-corrected chi connectivity index (χ2v) is 15.7. The Balaban J connectivity index is 4.57. The first-order valence-electron chi connectivity index (χ1n) is 9.69. The second-order valence-electron chi connectivity index (χ2n) is 7.61. The van der Waals surface area contributed by atoms with E-state index in [-0.39, 0.29) is 0 Å². The molecular formula is C18H43NO2Si2. The maximum atomic E-state index is 5.78. The van der Waals surface area contributed by atoms with Crippen LogP contribution in [0.4, 0.5) is 0 Å². The number of rotatable bonds is 13. The second kappa shape index (κ2) is 11.8. The van der Waals surface area contributed by atoms with Gasteiger partial charge in [-0.25, -0.2) is 0 Å². The van der Waals surface area contributed by atoms with Crippen molar-refractivity contribution in [1.82, 2.24) is 4.57 Å². The minimum atomic E-state index is -1.46. The molecule has 0 aromatic rings. The first kappa shape index (κ1) is 23.3. The smallest absolute Gasteiger partial charge is 0.321 e. The zero-order valence-electron chi connectivity index (χ0n) is 17.3. The average Bonchev–Trinajstić information content (AvgIpc) is 2.43. The SMILES string of the molecule is CCO[SiH](CCCCN(C)[Si](C(C)C)(C(C)C)C(C)C)OCC. The molecular weight excluding hydrogens is 318 g/mol. The van der Waals surface area contributed by atoms with E-state index in [1.54, 1.807) is 0 Å². The third-order valence-corrected chi connectivity index (χ3v) is 14.7. The van der Waals surface area contributed by atoms with Crippen molar-refractivity contribution in [2.45, 2.75) is 90.9 Å². The number of hydrogen-bond donors (Lipinski definition) is 0. The van der Waals surface area contributed by atoms with Gasteiger partial charge in [-0.2, -0.15) is 0 Å². The van der Waals surface area contributed by atoms with Crippen LogP contribution >= 0.6 is 0 Å². The number of unbranched alkanes of at least 4 members (excludes halogenated alkanes) is 1. The van der Waals surface area contributed by atoms with Crippen LogP contribution in [0.3, 0.4) is 0 Å². The Morgan fingerprint density at radius 1 is 0.826 bits per heavy atom. The lowest BCUT2D eigenvalue weighted by Gasteiger charge is -2.49. The van der Waals surface area contributed by atoms with Crippen LogP contribution in [-0.4, -0.2) is 48.9 Å². The highest BCUT2D eigenvalue weighted by Gasteiger charge is 2.46. The van der Waals surface area contributed by atoms with Gasteiger partial charge >= 0.3 is 9.28 Å². The van der Waals surface area contributed by atoms with Crippen LogP contribution < -0.4 is 0 Å². The van der Waals surface area contributed by atoms with Gasteiger partial charge in [0.05, 0.1) is 0 Å². The Bertz CT molecular complexity index is 271. The molecule has 0 aromatic carbocycles. The van der Waals surface area contributed by atoms with Gasteiger partial charge in [-0.05, 0) is 56.5 Å². The fourth-order valence-electron chi connectivity index (χ4n) is 4.76. The molecule has 0 aliphatic rings. The van der Waals surface area contributed by atoms with Crippen LogP contribution in [0.1, 0.15) is 68.2 Å². The van der Waals surface area contributed by atoms with Gasteiger partial charge in [-0.15, -0.1) is 0 Å². The third-order valence-electron chi connectivity index (χ3n) is 5.32. The molecule has 0 amide bonds. The van der Waals surface area contributed by atoms with E-state index in [0.29, 0.717) is 0 Å². The summed E-state index contributed by atoms with van der Waals surface area (Å²) in [5.74, 6) is 0. The van der Waals surface area contributed by atoms with Crippen LogP contribution in [0.5, 0.6) is 0 Å². The first-order chi connectivity index (χ1) is 10.7. The highest BCUT2D eigenvalue weighted by atomic mass is 28.3. The molecule has 0 heterocycles. The van der Waals surface area contributed by atoms with Crippen molar-refractivity contribution in [3.05, 3.63) is 0 Å². The van der Waals surface area contributed by atoms with E-state index in [1.807, 2.05) is 0 Å². The highest BCUT2D eigenvalue weighted by molar-refractivity contribution is 6.80. The van der Waals surface area contributed by atoms with Crippen molar-refractivity contribution in [1.29, 1.82) is 0 Å². The minimum Gasteiger partial charge on any atom is -0.397 e. The van der Waals surface area contributed by atoms with Gasteiger partial charge in [0.25, 0.3) is 0 Å². The van der Waals surface area contributed by atoms with Crippen LogP contribution in [0.25, 0.3) is 0 Å². The standard InChI is InChI=1S/C18H43NO2Si2/c1-10-20-22(21-11-2)15-13-12-14-19(9)23(16(3)4,17(5)6)18(7)8/h16-18,22H,10-15H2,1-9H3. The van der Waals surface area contributed by atoms with Crippen LogP contribution in [0.2, 0.25) is 22.7 Å². The lowest BCUT2D eigenvalue weighted by Crippen LogP contribution is -2.58. The predicted octanol–water partition coefficient (Wildman–Crippen LogP) is 5.17. The Hall–Kier alpha value is 0.314. The van der Waals surface area contributed by atoms with E-state index < -0.39 is 17.5 Å². The number of nitrogens with zero attached hydrogens (tertiary/aromatic N) is 1. The molecule has 0 unspecified atom stereocenters. The van der Waals surface area contributed by atoms with Crippen molar-refractivity contribution < 1.29 is 8.85 Å². The van der Waals surface area contributed by atoms with Crippen molar-refractivity contribution in [3.8, 4) is 0 Å². The van der Waals surface area contributed by atoms with Gasteiger partial charge in [0.2, 0.25) is 0 Å². The third kappa shape index (κ3) is 6.61. The average molecular weight is 362 g/mol. The zero-order chi connectivity index (χ0) is 18.0. The monoisotopic (exact) mass is 361 g/mol. The van der Waals surface area contributed by atoms with Crippen LogP contribution in [0, 0.1) is 0 Å². The van der Waals surface area contributed by atoms with Gasteiger partial charge in [0, 0.05) is 13.2 Å². The van der Waals surface area contributed by atoms with E-state index in [1.165, 1.54) is 19.4 Å². The molecule has 23 heavy (non-hydrogen) atoms. The maximum Gasteiger partial charge on any atom is 0.321 e. The topological polar surface area (TPSA) is 21.7 Å². The van der Waals surface area contributed by atoms with Crippen molar-refractivity contribution >= 4 is 17.5 Å². The van der Waals surface area contributed by atoms with Gasteiger partial charge in [0.15, 0.2) is 0 Å². The normalized spacial score (nSPS) is 13.3. The summed E-state index contributed by atoms with van der Waals surface area (Å²) >= 11 is 0. The summed E-state index contributed by atoms with van der Waals surface area (Å²) in [4.78, 5) is 0. The van der Waals surface area contributed by atoms with Crippen molar-refractivity contribution in [2.75, 3.05) is 26.8 Å². The molecule has 0 N–H and O–H groups in total. The van der Waals surface area contributed by atoms with E-state index >= 15 is 0 Å². The van der Waals surface area contributed by atoms with E-state index in [9.17, 15) is 0 Å². The van der Waals surface area contributed by atoms with E-state index in [4.69, 9.17) is 8.85 Å². The summed E-state index contributed by atoms with van der Waals surface area (Å²) in [5, 5.41) is 0. The predicted molar refractivity (Wildman–Crippen MR) is 108 cm³/mol. The van der Waals surface area contributed by atoms with Gasteiger partial charge in [-0.3, -0.25) is 0 Å². The minimum absolute atomic E-state index is 0.793. The molecule has 3 nitrogen and oxygen atoms in total. The molecule has 0 aliphatic carbocycles. The van der Waals surface area contributed by atoms with Gasteiger partial charge in [0.1, 0.15) is 8.24 Å². The molecule has 140 valence electrons. The molecule has 5 heteroatoms. The molecule has 0 radical (unpaired) electrons. The molecule has 0 spiro atoms. The fourth-order valence-corrected chi connectivity index (χ4v) is 13.7. The molecule has 0 aromatic heterocycles. The Morgan fingerprint density at radius 3 is 1.61 bits per heavy atom. The number of hydrogen-bond acceptors (Lipinski definition) is 3. The molecule has 0 saturated heterocycles. The molecule has 0 aliphatic heterocycles. The summed E-state index contributed by atoms with van der Waals surface area (Å²) in [7, 11) is -0.480. The van der Waals surface area contributed by atoms with Crippen molar-refractivity contribution in [3.63, 3.8) is 0 Å². The van der Waals surface area contributed by atoms with Gasteiger partial charge < -0.3 is 13.4 Å². The Labute approximate surface area is 149 Å². The summed E-state index contributed by atoms with van der Waals surface area (Å²) < 4.78 is 14.3. The molecule has 0 atom stereocenters. The first-order valence-corrected chi connectivity index (χ1v) is 13.6. The van der Waals surface area contributed by atoms with E-state index in [2.05, 4.69) is 67.0 Å². The van der Waals surface area contributed by atoms with Gasteiger partial charge in [-0.1, -0.05) is 48.0 Å². The zero-order valence-corrected chi connectivity index (χ0v) is 19.5. The lowest BCUT2D eigenvalue weighted by molar-refractivity contribution is 0.212. The Kier molecular flexibility index (Phi) is 12.0. The molecule has 0 saturated carbocycles.